The van der Waals surface area contributed by atoms with Crippen LogP contribution in [0, 0.1) is 5.92 Å². The minimum absolute atomic E-state index is 0.00817. The lowest BCUT2D eigenvalue weighted by Gasteiger charge is -2.35. The zero-order valence-electron chi connectivity index (χ0n) is 16.1. The van der Waals surface area contributed by atoms with E-state index in [9.17, 15) is 19.5 Å². The van der Waals surface area contributed by atoms with E-state index in [0.29, 0.717) is 19.4 Å². The van der Waals surface area contributed by atoms with Crippen molar-refractivity contribution in [2.24, 2.45) is 5.92 Å². The first-order chi connectivity index (χ1) is 12.4. The third-order valence-electron chi connectivity index (χ3n) is 5.60. The molecule has 2 fully saturated rings. The second-order valence-corrected chi connectivity index (χ2v) is 7.43. The van der Waals surface area contributed by atoms with Crippen molar-refractivity contribution in [3.05, 3.63) is 0 Å². The molecule has 0 unspecified atom stereocenters. The molecule has 148 valence electrons. The zero-order valence-corrected chi connectivity index (χ0v) is 16.1. The van der Waals surface area contributed by atoms with E-state index in [2.05, 4.69) is 5.32 Å². The molecule has 1 heterocycles. The molecule has 0 spiro atoms. The molecule has 2 N–H and O–H groups in total. The van der Waals surface area contributed by atoms with Gasteiger partial charge in [-0.15, -0.1) is 0 Å². The number of aliphatic carboxylic acids is 1. The average Bonchev–Trinajstić information content (AvgIpc) is 3.00. The van der Waals surface area contributed by atoms with Crippen molar-refractivity contribution in [2.75, 3.05) is 6.61 Å². The fourth-order valence-corrected chi connectivity index (χ4v) is 4.39. The number of hydrogen-bond acceptors (Lipinski definition) is 5. The number of nitrogens with one attached hydrogen (secondary N) is 1. The van der Waals surface area contributed by atoms with Gasteiger partial charge in [-0.05, 0) is 45.4 Å². The maximum atomic E-state index is 13.1. The van der Waals surface area contributed by atoms with E-state index < -0.39 is 24.1 Å². The van der Waals surface area contributed by atoms with E-state index in [0.717, 1.165) is 32.1 Å². The first-order valence-corrected chi connectivity index (χ1v) is 9.88. The lowest BCUT2D eigenvalue weighted by atomic mass is 9.84. The maximum Gasteiger partial charge on any atom is 0.326 e. The van der Waals surface area contributed by atoms with E-state index in [1.807, 2.05) is 6.92 Å². The van der Waals surface area contributed by atoms with Gasteiger partial charge in [-0.2, -0.15) is 0 Å². The summed E-state index contributed by atoms with van der Waals surface area (Å²) in [5.74, 6) is -1.24. The van der Waals surface area contributed by atoms with E-state index in [1.165, 1.54) is 0 Å². The van der Waals surface area contributed by atoms with Gasteiger partial charge in [-0.3, -0.25) is 14.9 Å². The van der Waals surface area contributed by atoms with Crippen molar-refractivity contribution in [1.29, 1.82) is 0 Å². The van der Waals surface area contributed by atoms with Crippen LogP contribution in [0.4, 0.5) is 0 Å². The van der Waals surface area contributed by atoms with Gasteiger partial charge >= 0.3 is 11.9 Å². The van der Waals surface area contributed by atoms with Crippen molar-refractivity contribution in [2.45, 2.75) is 89.9 Å². The SMILES string of the molecule is CCC[C@@H](N[C@H](C)C(=O)N1[C@H](C(=O)O)C[C@@H]2CCCC[C@@H]21)C(=O)OCC. The molecule has 0 aromatic rings. The molecule has 0 radical (unpaired) electrons. The molecule has 2 rings (SSSR count). The molecular formula is C19H32N2O5. The molecule has 7 nitrogen and oxygen atoms in total. The van der Waals surface area contributed by atoms with Crippen LogP contribution in [-0.4, -0.2) is 58.6 Å². The molecule has 0 bridgehead atoms. The maximum absolute atomic E-state index is 13.1. The standard InChI is InChI=1S/C19H32N2O5/c1-4-8-14(19(25)26-5-2)20-12(3)17(22)21-15-10-7-6-9-13(15)11-16(21)18(23)24/h12-16,20H,4-11H2,1-3H3,(H,23,24)/t12-,13+,14-,15+,16+/m1/s1. The number of carboxylic acids is 1. The number of carbonyl (C=O) groups is 3. The van der Waals surface area contributed by atoms with Crippen molar-refractivity contribution in [3.8, 4) is 0 Å². The zero-order chi connectivity index (χ0) is 19.3. The predicted molar refractivity (Wildman–Crippen MR) is 96.6 cm³/mol. The fraction of sp³-hybridized carbons (Fsp3) is 0.842. The van der Waals surface area contributed by atoms with Crippen LogP contribution in [0.25, 0.3) is 0 Å². The second kappa shape index (κ2) is 9.35. The van der Waals surface area contributed by atoms with Crippen LogP contribution in [0.2, 0.25) is 0 Å². The molecule has 1 aliphatic heterocycles. The number of rotatable bonds is 8. The number of esters is 1. The molecule has 7 heteroatoms. The van der Waals surface area contributed by atoms with Gasteiger partial charge in [0.05, 0.1) is 12.6 Å². The Labute approximate surface area is 155 Å². The highest BCUT2D eigenvalue weighted by molar-refractivity contribution is 5.88. The Balaban J connectivity index is 2.10. The Hall–Kier alpha value is -1.63. The molecular weight excluding hydrogens is 336 g/mol. The Morgan fingerprint density at radius 3 is 2.54 bits per heavy atom. The summed E-state index contributed by atoms with van der Waals surface area (Å²) in [4.78, 5) is 38.5. The summed E-state index contributed by atoms with van der Waals surface area (Å²) < 4.78 is 5.09. The lowest BCUT2D eigenvalue weighted by molar-refractivity contribution is -0.152. The normalized spacial score (nSPS) is 27.5. The number of nitrogens with zero attached hydrogens (tertiary/aromatic N) is 1. The van der Waals surface area contributed by atoms with Gasteiger partial charge in [0.15, 0.2) is 0 Å². The average molecular weight is 368 g/mol. The van der Waals surface area contributed by atoms with E-state index in [1.54, 1.807) is 18.7 Å². The van der Waals surface area contributed by atoms with Gasteiger partial charge in [0, 0.05) is 6.04 Å². The lowest BCUT2D eigenvalue weighted by Crippen LogP contribution is -2.55. The summed E-state index contributed by atoms with van der Waals surface area (Å²) in [6.07, 6.45) is 5.87. The minimum atomic E-state index is -0.935. The van der Waals surface area contributed by atoms with Gasteiger partial charge < -0.3 is 14.7 Å². The van der Waals surface area contributed by atoms with Crippen LogP contribution in [-0.2, 0) is 19.1 Å². The van der Waals surface area contributed by atoms with Gasteiger partial charge in [-0.1, -0.05) is 26.2 Å². The molecule has 1 saturated carbocycles. The van der Waals surface area contributed by atoms with Gasteiger partial charge in [0.1, 0.15) is 12.1 Å². The van der Waals surface area contributed by atoms with E-state index >= 15 is 0 Å². The monoisotopic (exact) mass is 368 g/mol. The molecule has 2 aliphatic rings. The van der Waals surface area contributed by atoms with Crippen molar-refractivity contribution in [1.82, 2.24) is 10.2 Å². The van der Waals surface area contributed by atoms with Crippen LogP contribution < -0.4 is 5.32 Å². The molecule has 26 heavy (non-hydrogen) atoms. The molecule has 1 amide bonds. The number of likely N-dealkylation sites (tertiary alicyclic amines) is 1. The minimum Gasteiger partial charge on any atom is -0.480 e. The summed E-state index contributed by atoms with van der Waals surface area (Å²) in [6.45, 7) is 5.72. The Morgan fingerprint density at radius 1 is 1.23 bits per heavy atom. The first-order valence-electron chi connectivity index (χ1n) is 9.88. The van der Waals surface area contributed by atoms with Crippen LogP contribution >= 0.6 is 0 Å². The third-order valence-corrected chi connectivity index (χ3v) is 5.60. The number of fused-ring (bicyclic) bond motifs is 1. The van der Waals surface area contributed by atoms with Crippen molar-refractivity contribution in [3.63, 3.8) is 0 Å². The summed E-state index contributed by atoms with van der Waals surface area (Å²) in [5, 5.41) is 12.7. The van der Waals surface area contributed by atoms with Crippen LogP contribution in [0.1, 0.15) is 65.7 Å². The van der Waals surface area contributed by atoms with E-state index in [-0.39, 0.29) is 23.8 Å². The summed E-state index contributed by atoms with van der Waals surface area (Å²) in [5.41, 5.74) is 0. The second-order valence-electron chi connectivity index (χ2n) is 7.43. The largest absolute Gasteiger partial charge is 0.480 e. The number of carbonyl (C=O) groups excluding carboxylic acids is 2. The fourth-order valence-electron chi connectivity index (χ4n) is 4.39. The highest BCUT2D eigenvalue weighted by Crippen LogP contribution is 2.40. The summed E-state index contributed by atoms with van der Waals surface area (Å²) in [6, 6.07) is -1.92. The smallest absolute Gasteiger partial charge is 0.326 e. The molecule has 0 aromatic carbocycles. The number of carboxylic acid groups (broad SMARTS) is 1. The van der Waals surface area contributed by atoms with E-state index in [4.69, 9.17) is 4.74 Å². The van der Waals surface area contributed by atoms with Gasteiger partial charge in [-0.25, -0.2) is 4.79 Å². The van der Waals surface area contributed by atoms with Crippen LogP contribution in [0.5, 0.6) is 0 Å². The summed E-state index contributed by atoms with van der Waals surface area (Å²) in [7, 11) is 0. The van der Waals surface area contributed by atoms with Crippen LogP contribution in [0.3, 0.4) is 0 Å². The van der Waals surface area contributed by atoms with Gasteiger partial charge in [0.25, 0.3) is 0 Å². The Morgan fingerprint density at radius 2 is 1.92 bits per heavy atom. The topological polar surface area (TPSA) is 95.9 Å². The number of hydrogen-bond donors (Lipinski definition) is 2. The highest BCUT2D eigenvalue weighted by Gasteiger charge is 2.48. The Bertz CT molecular complexity index is 524. The molecule has 5 atom stereocenters. The molecule has 1 aliphatic carbocycles. The number of amides is 1. The third kappa shape index (κ3) is 4.55. The number of ether oxygens (including phenoxy) is 1. The molecule has 0 aromatic heterocycles. The molecule has 1 saturated heterocycles. The summed E-state index contributed by atoms with van der Waals surface area (Å²) >= 11 is 0. The quantitative estimate of drug-likeness (QED) is 0.636. The highest BCUT2D eigenvalue weighted by atomic mass is 16.5. The van der Waals surface area contributed by atoms with Crippen LogP contribution in [0.15, 0.2) is 0 Å². The predicted octanol–water partition coefficient (Wildman–Crippen LogP) is 1.94. The van der Waals surface area contributed by atoms with Crippen molar-refractivity contribution >= 4 is 17.8 Å². The Kier molecular flexibility index (Phi) is 7.43. The van der Waals surface area contributed by atoms with Gasteiger partial charge in [0.2, 0.25) is 5.91 Å². The van der Waals surface area contributed by atoms with Crippen molar-refractivity contribution < 1.29 is 24.2 Å². The first kappa shape index (κ1) is 20.7.